The van der Waals surface area contributed by atoms with Crippen molar-refractivity contribution in [3.05, 3.63) is 28.6 Å². The van der Waals surface area contributed by atoms with Gasteiger partial charge in [-0.15, -0.1) is 11.3 Å². The van der Waals surface area contributed by atoms with Crippen LogP contribution >= 0.6 is 11.3 Å². The van der Waals surface area contributed by atoms with Gasteiger partial charge in [0.25, 0.3) is 0 Å². The van der Waals surface area contributed by atoms with Gasteiger partial charge in [-0.05, 0) is 23.1 Å². The second-order valence-corrected chi connectivity index (χ2v) is 3.85. The molecule has 0 aliphatic rings. The third-order valence-corrected chi connectivity index (χ3v) is 3.12. The Balaban J connectivity index is 2.90. The molecule has 0 saturated heterocycles. The number of rotatable bonds is 1. The van der Waals surface area contributed by atoms with E-state index in [1.165, 1.54) is 11.3 Å². The van der Waals surface area contributed by atoms with E-state index in [9.17, 15) is 0 Å². The fourth-order valence-corrected chi connectivity index (χ4v) is 2.39. The Morgan fingerprint density at radius 1 is 1.57 bits per heavy atom. The third kappa shape index (κ3) is 1.15. The summed E-state index contributed by atoms with van der Waals surface area (Å²) in [7, 11) is 0. The van der Waals surface area contributed by atoms with Crippen LogP contribution in [0.4, 0.5) is 5.69 Å². The van der Waals surface area contributed by atoms with Crippen molar-refractivity contribution in [2.24, 2.45) is 0 Å². The minimum absolute atomic E-state index is 0.0487. The summed E-state index contributed by atoms with van der Waals surface area (Å²) in [6.45, 7) is -0.0487. The summed E-state index contributed by atoms with van der Waals surface area (Å²) in [6.07, 6.45) is 0. The van der Waals surface area contributed by atoms with E-state index in [-0.39, 0.29) is 6.61 Å². The van der Waals surface area contributed by atoms with Crippen molar-refractivity contribution < 1.29 is 5.11 Å². The average Bonchev–Trinajstić information content (AvgIpc) is 2.65. The highest BCUT2D eigenvalue weighted by atomic mass is 32.1. The summed E-state index contributed by atoms with van der Waals surface area (Å²) >= 11 is 1.51. The highest BCUT2D eigenvalue weighted by Crippen LogP contribution is 2.31. The van der Waals surface area contributed by atoms with Crippen LogP contribution in [0.3, 0.4) is 0 Å². The van der Waals surface area contributed by atoms with Gasteiger partial charge in [0, 0.05) is 10.1 Å². The number of benzene rings is 1. The second-order valence-electron chi connectivity index (χ2n) is 2.93. The minimum Gasteiger partial charge on any atom is -0.398 e. The Labute approximate surface area is 85.0 Å². The number of hydrogen-bond acceptors (Lipinski definition) is 4. The van der Waals surface area contributed by atoms with Crippen molar-refractivity contribution in [1.82, 2.24) is 0 Å². The second kappa shape index (κ2) is 3.29. The molecule has 1 heterocycles. The third-order valence-electron chi connectivity index (χ3n) is 2.13. The number of nitrogen functional groups attached to an aromatic ring is 1. The van der Waals surface area contributed by atoms with Crippen LogP contribution in [0.2, 0.25) is 0 Å². The number of nitrogens with two attached hydrogens (primary N) is 1. The summed E-state index contributed by atoms with van der Waals surface area (Å²) < 4.78 is 0.943. The van der Waals surface area contributed by atoms with Crippen molar-refractivity contribution >= 4 is 27.1 Å². The van der Waals surface area contributed by atoms with Crippen LogP contribution < -0.4 is 5.73 Å². The van der Waals surface area contributed by atoms with E-state index >= 15 is 0 Å². The van der Waals surface area contributed by atoms with Crippen molar-refractivity contribution in [1.29, 1.82) is 5.26 Å². The average molecular weight is 204 g/mol. The van der Waals surface area contributed by atoms with Gasteiger partial charge in [-0.3, -0.25) is 0 Å². The molecule has 0 bridgehead atoms. The minimum atomic E-state index is -0.0487. The highest BCUT2D eigenvalue weighted by Gasteiger charge is 2.10. The van der Waals surface area contributed by atoms with Gasteiger partial charge in [-0.1, -0.05) is 0 Å². The van der Waals surface area contributed by atoms with Crippen LogP contribution in [0.5, 0.6) is 0 Å². The number of aliphatic hydroxyl groups is 1. The maximum Gasteiger partial charge on any atom is 0.102 e. The lowest BCUT2D eigenvalue weighted by Gasteiger charge is -2.03. The molecule has 0 amide bonds. The molecule has 2 aromatic rings. The maximum atomic E-state index is 9.11. The van der Waals surface area contributed by atoms with Gasteiger partial charge in [0.15, 0.2) is 0 Å². The van der Waals surface area contributed by atoms with Crippen LogP contribution in [-0.2, 0) is 6.61 Å². The van der Waals surface area contributed by atoms with Gasteiger partial charge in [0.1, 0.15) is 6.07 Å². The summed E-state index contributed by atoms with van der Waals surface area (Å²) in [5.74, 6) is 0. The van der Waals surface area contributed by atoms with Gasteiger partial charge >= 0.3 is 0 Å². The first-order valence-corrected chi connectivity index (χ1v) is 4.95. The molecule has 14 heavy (non-hydrogen) atoms. The molecule has 0 atom stereocenters. The molecule has 0 aliphatic heterocycles. The summed E-state index contributed by atoms with van der Waals surface area (Å²) in [6, 6.07) is 5.60. The zero-order chi connectivity index (χ0) is 10.1. The maximum absolute atomic E-state index is 9.11. The Morgan fingerprint density at radius 3 is 3.00 bits per heavy atom. The zero-order valence-corrected chi connectivity index (χ0v) is 8.14. The van der Waals surface area contributed by atoms with Gasteiger partial charge in [0.2, 0.25) is 0 Å². The van der Waals surface area contributed by atoms with Crippen molar-refractivity contribution in [2.45, 2.75) is 6.61 Å². The lowest BCUT2D eigenvalue weighted by Crippen LogP contribution is -1.94. The molecule has 0 fully saturated rings. The van der Waals surface area contributed by atoms with Gasteiger partial charge in [-0.25, -0.2) is 0 Å². The fraction of sp³-hybridized carbons (Fsp3) is 0.100. The number of thiophene rings is 1. The van der Waals surface area contributed by atoms with E-state index < -0.39 is 0 Å². The van der Waals surface area contributed by atoms with E-state index in [1.54, 1.807) is 6.07 Å². The van der Waals surface area contributed by atoms with Crippen LogP contribution in [0.1, 0.15) is 11.1 Å². The Bertz CT molecular complexity index is 525. The van der Waals surface area contributed by atoms with E-state index in [0.717, 1.165) is 15.6 Å². The van der Waals surface area contributed by atoms with Gasteiger partial charge in [-0.2, -0.15) is 5.26 Å². The van der Waals surface area contributed by atoms with Crippen LogP contribution in [0.15, 0.2) is 17.5 Å². The molecule has 0 saturated carbocycles. The summed E-state index contributed by atoms with van der Waals surface area (Å²) in [4.78, 5) is 0. The topological polar surface area (TPSA) is 70.0 Å². The van der Waals surface area contributed by atoms with Gasteiger partial charge < -0.3 is 10.8 Å². The van der Waals surface area contributed by atoms with E-state index in [4.69, 9.17) is 16.1 Å². The predicted molar refractivity (Wildman–Crippen MR) is 56.9 cm³/mol. The highest BCUT2D eigenvalue weighted by molar-refractivity contribution is 7.17. The number of aliphatic hydroxyl groups excluding tert-OH is 1. The normalized spacial score (nSPS) is 10.3. The Hall–Kier alpha value is -1.57. The van der Waals surface area contributed by atoms with Crippen LogP contribution in [0.25, 0.3) is 10.1 Å². The molecule has 1 aromatic carbocycles. The lowest BCUT2D eigenvalue weighted by atomic mass is 10.1. The molecule has 0 aliphatic carbocycles. The standard InChI is InChI=1S/C10H8N2OS/c11-4-8-7-1-2-14-10(7)6(5-13)3-9(8)12/h1-3,13H,5,12H2. The largest absolute Gasteiger partial charge is 0.398 e. The molecule has 1 aromatic heterocycles. The summed E-state index contributed by atoms with van der Waals surface area (Å²) in [5.41, 5.74) is 7.42. The molecule has 0 unspecified atom stereocenters. The Kier molecular flexibility index (Phi) is 2.12. The SMILES string of the molecule is N#Cc1c(N)cc(CO)c2sccc12. The number of nitriles is 1. The molecule has 70 valence electrons. The first-order valence-electron chi connectivity index (χ1n) is 4.07. The van der Waals surface area contributed by atoms with E-state index in [2.05, 4.69) is 6.07 Å². The predicted octanol–water partition coefficient (Wildman–Crippen LogP) is 1.85. The Morgan fingerprint density at radius 2 is 2.36 bits per heavy atom. The fourth-order valence-electron chi connectivity index (χ4n) is 1.48. The number of anilines is 1. The quantitative estimate of drug-likeness (QED) is 0.696. The lowest BCUT2D eigenvalue weighted by molar-refractivity contribution is 0.283. The first-order chi connectivity index (χ1) is 6.77. The number of hydrogen-bond donors (Lipinski definition) is 2. The molecule has 0 radical (unpaired) electrons. The smallest absolute Gasteiger partial charge is 0.102 e. The van der Waals surface area contributed by atoms with Crippen molar-refractivity contribution in [3.8, 4) is 6.07 Å². The molecule has 0 spiro atoms. The number of fused-ring (bicyclic) bond motifs is 1. The molecule has 4 heteroatoms. The summed E-state index contributed by atoms with van der Waals surface area (Å²) in [5, 5.41) is 20.7. The number of nitrogens with zero attached hydrogens (tertiary/aromatic N) is 1. The molecule has 3 N–H and O–H groups in total. The first kappa shape index (κ1) is 9.00. The van der Waals surface area contributed by atoms with E-state index in [0.29, 0.717) is 11.3 Å². The zero-order valence-electron chi connectivity index (χ0n) is 7.32. The molecular weight excluding hydrogens is 196 g/mol. The van der Waals surface area contributed by atoms with Crippen LogP contribution in [0, 0.1) is 11.3 Å². The van der Waals surface area contributed by atoms with Gasteiger partial charge in [0.05, 0.1) is 17.9 Å². The van der Waals surface area contributed by atoms with E-state index in [1.807, 2.05) is 11.4 Å². The molecule has 2 rings (SSSR count). The molecule has 3 nitrogen and oxygen atoms in total. The molecular formula is C10H8N2OS. The van der Waals surface area contributed by atoms with Crippen LogP contribution in [-0.4, -0.2) is 5.11 Å². The monoisotopic (exact) mass is 204 g/mol. The van der Waals surface area contributed by atoms with Crippen molar-refractivity contribution in [3.63, 3.8) is 0 Å². The van der Waals surface area contributed by atoms with Crippen molar-refractivity contribution in [2.75, 3.05) is 5.73 Å².